The number of fused-ring (bicyclic) bond motifs is 1. The lowest BCUT2D eigenvalue weighted by Crippen LogP contribution is -2.20. The van der Waals surface area contributed by atoms with Crippen molar-refractivity contribution in [1.29, 1.82) is 5.26 Å². The van der Waals surface area contributed by atoms with Crippen LogP contribution in [0.4, 0.5) is 0 Å². The fourth-order valence-electron chi connectivity index (χ4n) is 4.06. The monoisotopic (exact) mass is 432 g/mol. The number of nitrogens with one attached hydrogen (secondary N) is 1. The zero-order valence-electron chi connectivity index (χ0n) is 17.9. The number of aromatic amines is 1. The van der Waals surface area contributed by atoms with Crippen molar-refractivity contribution in [3.05, 3.63) is 101 Å². The molecule has 0 atom stereocenters. The molecule has 6 heteroatoms. The molecule has 33 heavy (non-hydrogen) atoms. The van der Waals surface area contributed by atoms with Crippen LogP contribution in [0.3, 0.4) is 0 Å². The topological polar surface area (TPSA) is 83.2 Å². The fraction of sp³-hybridized carbons (Fsp3) is 0.0741. The molecule has 0 radical (unpaired) electrons. The average molecular weight is 432 g/mol. The Morgan fingerprint density at radius 1 is 0.879 bits per heavy atom. The normalized spacial score (nSPS) is 10.8. The van der Waals surface area contributed by atoms with E-state index in [1.807, 2.05) is 72.8 Å². The third kappa shape index (κ3) is 3.56. The van der Waals surface area contributed by atoms with E-state index < -0.39 is 0 Å². The molecule has 5 rings (SSSR count). The van der Waals surface area contributed by atoms with E-state index in [0.29, 0.717) is 33.9 Å². The number of hydrogen-bond donors (Lipinski definition) is 1. The second kappa shape index (κ2) is 8.48. The zero-order valence-corrected chi connectivity index (χ0v) is 17.9. The van der Waals surface area contributed by atoms with Crippen molar-refractivity contribution in [2.24, 2.45) is 0 Å². The van der Waals surface area contributed by atoms with Gasteiger partial charge < -0.3 is 9.72 Å². The van der Waals surface area contributed by atoms with Gasteiger partial charge in [-0.1, -0.05) is 72.8 Å². The van der Waals surface area contributed by atoms with Gasteiger partial charge in [0.1, 0.15) is 17.1 Å². The number of nitriles is 1. The van der Waals surface area contributed by atoms with Crippen molar-refractivity contribution in [2.75, 3.05) is 7.11 Å². The van der Waals surface area contributed by atoms with Crippen LogP contribution in [0, 0.1) is 11.3 Å². The number of rotatable bonds is 5. The van der Waals surface area contributed by atoms with Crippen LogP contribution in [-0.2, 0) is 6.42 Å². The van der Waals surface area contributed by atoms with Gasteiger partial charge in [-0.25, -0.2) is 0 Å². The number of ether oxygens (including phenoxy) is 1. The van der Waals surface area contributed by atoms with Crippen molar-refractivity contribution < 1.29 is 4.74 Å². The zero-order chi connectivity index (χ0) is 22.8. The summed E-state index contributed by atoms with van der Waals surface area (Å²) in [5.74, 6) is 0.690. The summed E-state index contributed by atoms with van der Waals surface area (Å²) in [6.45, 7) is 0. The molecule has 0 aliphatic carbocycles. The van der Waals surface area contributed by atoms with E-state index in [9.17, 15) is 10.1 Å². The predicted octanol–water partition coefficient (Wildman–Crippen LogP) is 5.10. The summed E-state index contributed by atoms with van der Waals surface area (Å²) in [5, 5.41) is 14.2. The first-order valence-electron chi connectivity index (χ1n) is 10.5. The van der Waals surface area contributed by atoms with Crippen LogP contribution in [0.2, 0.25) is 0 Å². The summed E-state index contributed by atoms with van der Waals surface area (Å²) in [6, 6.07) is 29.0. The maximum absolute atomic E-state index is 13.7. The third-order valence-corrected chi connectivity index (χ3v) is 5.61. The molecule has 0 unspecified atom stereocenters. The first-order chi connectivity index (χ1) is 16.2. The third-order valence-electron chi connectivity index (χ3n) is 5.61. The number of methoxy groups -OCH3 is 1. The Bertz CT molecular complexity index is 1530. The molecular formula is C27H20N4O2. The predicted molar refractivity (Wildman–Crippen MR) is 128 cm³/mol. The van der Waals surface area contributed by atoms with Crippen molar-refractivity contribution in [3.63, 3.8) is 0 Å². The van der Waals surface area contributed by atoms with Gasteiger partial charge in [0.15, 0.2) is 0 Å². The van der Waals surface area contributed by atoms with Crippen LogP contribution in [0.5, 0.6) is 5.75 Å². The quantitative estimate of drug-likeness (QED) is 0.419. The van der Waals surface area contributed by atoms with Crippen molar-refractivity contribution >= 4 is 5.65 Å². The minimum Gasteiger partial charge on any atom is -0.497 e. The SMILES string of the molecule is COc1ccc(-c2c(CC#N)[nH]c3c(-c4ccccc4)c(-c4ccccc4)nn3c2=O)cc1. The molecule has 1 N–H and O–H groups in total. The molecule has 6 nitrogen and oxygen atoms in total. The van der Waals surface area contributed by atoms with E-state index >= 15 is 0 Å². The lowest BCUT2D eigenvalue weighted by Gasteiger charge is -2.10. The van der Waals surface area contributed by atoms with E-state index in [0.717, 1.165) is 16.7 Å². The molecule has 2 aromatic heterocycles. The Hall–Kier alpha value is -4.63. The molecule has 0 bridgehead atoms. The number of benzene rings is 3. The molecule has 2 heterocycles. The Morgan fingerprint density at radius 3 is 2.09 bits per heavy atom. The second-order valence-electron chi connectivity index (χ2n) is 7.56. The van der Waals surface area contributed by atoms with Gasteiger partial charge in [0.2, 0.25) is 0 Å². The molecule has 0 saturated heterocycles. The molecule has 0 fully saturated rings. The van der Waals surface area contributed by atoms with E-state index in [1.165, 1.54) is 4.52 Å². The Balaban J connectivity index is 1.86. The lowest BCUT2D eigenvalue weighted by atomic mass is 10.0. The van der Waals surface area contributed by atoms with E-state index in [-0.39, 0.29) is 12.0 Å². The molecule has 0 aliphatic heterocycles. The van der Waals surface area contributed by atoms with Gasteiger partial charge in [0.25, 0.3) is 5.56 Å². The molecule has 0 amide bonds. The molecule has 160 valence electrons. The number of H-pyrrole nitrogens is 1. The standard InChI is InChI=1S/C27H20N4O2/c1-33-21-14-12-19(13-15-21)23-22(16-17-28)29-26-24(18-8-4-2-5-9-18)25(30-31(26)27(23)32)20-10-6-3-7-11-20/h2-15,29H,16H2,1H3. The summed E-state index contributed by atoms with van der Waals surface area (Å²) in [6.07, 6.45) is 0.0627. The Labute approximate surface area is 190 Å². The average Bonchev–Trinajstić information content (AvgIpc) is 3.25. The van der Waals surface area contributed by atoms with Crippen molar-refractivity contribution in [2.45, 2.75) is 6.42 Å². The number of hydrogen-bond acceptors (Lipinski definition) is 4. The second-order valence-corrected chi connectivity index (χ2v) is 7.56. The van der Waals surface area contributed by atoms with E-state index in [2.05, 4.69) is 11.1 Å². The van der Waals surface area contributed by atoms with Crippen LogP contribution in [0.1, 0.15) is 5.69 Å². The Morgan fingerprint density at radius 2 is 1.48 bits per heavy atom. The first-order valence-corrected chi connectivity index (χ1v) is 10.5. The molecule has 0 saturated carbocycles. The fourth-order valence-corrected chi connectivity index (χ4v) is 4.06. The van der Waals surface area contributed by atoms with E-state index in [1.54, 1.807) is 19.2 Å². The minimum atomic E-state index is -0.279. The van der Waals surface area contributed by atoms with Crippen LogP contribution in [0.15, 0.2) is 89.7 Å². The van der Waals surface area contributed by atoms with Gasteiger partial charge in [-0.05, 0) is 23.3 Å². The highest BCUT2D eigenvalue weighted by Crippen LogP contribution is 2.35. The maximum atomic E-state index is 13.7. The summed E-state index contributed by atoms with van der Waals surface area (Å²) in [7, 11) is 1.59. The van der Waals surface area contributed by atoms with Crippen LogP contribution in [0.25, 0.3) is 39.2 Å². The van der Waals surface area contributed by atoms with Gasteiger partial charge in [-0.15, -0.1) is 0 Å². The summed E-state index contributed by atoms with van der Waals surface area (Å²) in [4.78, 5) is 17.1. The largest absolute Gasteiger partial charge is 0.497 e. The first kappa shape index (κ1) is 20.3. The summed E-state index contributed by atoms with van der Waals surface area (Å²) >= 11 is 0. The van der Waals surface area contributed by atoms with Crippen LogP contribution >= 0.6 is 0 Å². The van der Waals surface area contributed by atoms with Gasteiger partial charge in [0, 0.05) is 11.3 Å². The van der Waals surface area contributed by atoms with Crippen LogP contribution < -0.4 is 10.3 Å². The molecule has 0 spiro atoms. The highest BCUT2D eigenvalue weighted by molar-refractivity contribution is 5.91. The molecule has 0 aliphatic rings. The highest BCUT2D eigenvalue weighted by atomic mass is 16.5. The summed E-state index contributed by atoms with van der Waals surface area (Å²) in [5.41, 5.74) is 5.31. The number of aromatic nitrogens is 3. The number of nitrogens with zero attached hydrogens (tertiary/aromatic N) is 3. The summed E-state index contributed by atoms with van der Waals surface area (Å²) < 4.78 is 6.65. The maximum Gasteiger partial charge on any atom is 0.282 e. The Kier molecular flexibility index (Phi) is 5.21. The smallest absolute Gasteiger partial charge is 0.282 e. The van der Waals surface area contributed by atoms with Gasteiger partial charge in [-0.3, -0.25) is 4.79 Å². The molecule has 3 aromatic carbocycles. The van der Waals surface area contributed by atoms with Gasteiger partial charge in [0.05, 0.1) is 30.7 Å². The minimum absolute atomic E-state index is 0.0627. The molecule has 5 aromatic rings. The molecular weight excluding hydrogens is 412 g/mol. The van der Waals surface area contributed by atoms with Crippen molar-refractivity contribution in [3.8, 4) is 45.3 Å². The van der Waals surface area contributed by atoms with Gasteiger partial charge in [-0.2, -0.15) is 14.9 Å². The van der Waals surface area contributed by atoms with E-state index in [4.69, 9.17) is 9.84 Å². The lowest BCUT2D eigenvalue weighted by molar-refractivity contribution is 0.415. The van der Waals surface area contributed by atoms with Crippen molar-refractivity contribution in [1.82, 2.24) is 14.6 Å². The van der Waals surface area contributed by atoms with Crippen LogP contribution in [-0.4, -0.2) is 21.7 Å². The highest BCUT2D eigenvalue weighted by Gasteiger charge is 2.22. The van der Waals surface area contributed by atoms with Gasteiger partial charge >= 0.3 is 0 Å².